The Balaban J connectivity index is 2.35. The molecule has 0 saturated heterocycles. The van der Waals surface area contributed by atoms with Crippen molar-refractivity contribution < 1.29 is 9.59 Å². The van der Waals surface area contributed by atoms with Crippen LogP contribution < -0.4 is 10.5 Å². The van der Waals surface area contributed by atoms with E-state index in [9.17, 15) is 9.59 Å². The van der Waals surface area contributed by atoms with Crippen molar-refractivity contribution in [2.45, 2.75) is 31.1 Å². The molecule has 3 N–H and O–H groups in total. The van der Waals surface area contributed by atoms with Gasteiger partial charge in [0.05, 0.1) is 0 Å². The minimum Gasteiger partial charge on any atom is -0.361 e. The molecule has 1 rings (SSSR count). The first-order valence-corrected chi connectivity index (χ1v) is 7.80. The Morgan fingerprint density at radius 3 is 2.50 bits per heavy atom. The molecule has 18 heavy (non-hydrogen) atoms. The van der Waals surface area contributed by atoms with Gasteiger partial charge in [0.1, 0.15) is 0 Å². The molecule has 0 unspecified atom stereocenters. The van der Waals surface area contributed by atoms with E-state index in [4.69, 9.17) is 5.73 Å². The molecule has 0 aromatic heterocycles. The van der Waals surface area contributed by atoms with Gasteiger partial charge in [-0.3, -0.25) is 14.3 Å². The Labute approximate surface area is 115 Å². The highest BCUT2D eigenvalue weighted by Gasteiger charge is 2.07. The Bertz CT molecular complexity index is 407. The van der Waals surface area contributed by atoms with E-state index in [1.807, 2.05) is 12.1 Å². The van der Waals surface area contributed by atoms with Crippen molar-refractivity contribution in [3.05, 3.63) is 29.8 Å². The van der Waals surface area contributed by atoms with Crippen LogP contribution in [0, 0.1) is 0 Å². The minimum atomic E-state index is -0.974. The summed E-state index contributed by atoms with van der Waals surface area (Å²) in [6, 6.07) is 8.15. The van der Waals surface area contributed by atoms with Crippen LogP contribution in [0.5, 0.6) is 0 Å². The molecule has 0 aliphatic carbocycles. The summed E-state index contributed by atoms with van der Waals surface area (Å²) >= 11 is 0. The Hall–Kier alpha value is -1.14. The number of benzene rings is 1. The van der Waals surface area contributed by atoms with Gasteiger partial charge >= 0.3 is 11.8 Å². The Morgan fingerprint density at radius 1 is 1.28 bits per heavy atom. The van der Waals surface area contributed by atoms with Crippen LogP contribution in [0.3, 0.4) is 0 Å². The lowest BCUT2D eigenvalue weighted by Gasteiger charge is -2.03. The van der Waals surface area contributed by atoms with Gasteiger partial charge in [-0.05, 0) is 41.3 Å². The van der Waals surface area contributed by atoms with E-state index in [1.54, 1.807) is 0 Å². The zero-order valence-electron chi connectivity index (χ0n) is 10.1. The number of nitrogens with two attached hydrogens (primary N) is 1. The quantitative estimate of drug-likeness (QED) is 0.477. The Kier molecular flexibility index (Phi) is 6.67. The summed E-state index contributed by atoms with van der Waals surface area (Å²) in [5.41, 5.74) is 6.12. The molecule has 1 aromatic rings. The number of amides is 2. The minimum absolute atomic E-state index is 0.785. The van der Waals surface area contributed by atoms with Crippen LogP contribution in [0.25, 0.3) is 0 Å². The fraction of sp³-hybridized carbons (Fsp3) is 0.333. The highest BCUT2D eigenvalue weighted by molar-refractivity contribution is 8.76. The summed E-state index contributed by atoms with van der Waals surface area (Å²) in [6.07, 6.45) is 3.47. The van der Waals surface area contributed by atoms with Gasteiger partial charge in [-0.15, -0.1) is 0 Å². The second-order valence-electron chi connectivity index (χ2n) is 3.71. The molecule has 0 saturated carbocycles. The van der Waals surface area contributed by atoms with Crippen molar-refractivity contribution in [1.82, 2.24) is 4.72 Å². The highest BCUT2D eigenvalue weighted by atomic mass is 33.1. The van der Waals surface area contributed by atoms with Crippen molar-refractivity contribution in [2.24, 2.45) is 5.73 Å². The number of aryl methyl sites for hydroxylation is 1. The predicted molar refractivity (Wildman–Crippen MR) is 75.8 cm³/mol. The summed E-state index contributed by atoms with van der Waals surface area (Å²) in [4.78, 5) is 22.4. The molecule has 0 aliphatic heterocycles. The molecule has 0 spiro atoms. The normalized spacial score (nSPS) is 10.1. The van der Waals surface area contributed by atoms with E-state index in [0.29, 0.717) is 0 Å². The second kappa shape index (κ2) is 8.05. The number of unbranched alkanes of at least 4 members (excludes halogenated alkanes) is 1. The number of hydrogen-bond acceptors (Lipinski definition) is 4. The van der Waals surface area contributed by atoms with Gasteiger partial charge < -0.3 is 5.73 Å². The van der Waals surface area contributed by atoms with Gasteiger partial charge in [-0.25, -0.2) is 0 Å². The molecule has 0 radical (unpaired) electrons. The maximum absolute atomic E-state index is 10.9. The van der Waals surface area contributed by atoms with E-state index < -0.39 is 11.8 Å². The lowest BCUT2D eigenvalue weighted by molar-refractivity contribution is -0.136. The van der Waals surface area contributed by atoms with Gasteiger partial charge in [0.2, 0.25) is 0 Å². The van der Waals surface area contributed by atoms with Crippen molar-refractivity contribution in [1.29, 1.82) is 0 Å². The van der Waals surface area contributed by atoms with E-state index in [0.717, 1.165) is 22.3 Å². The van der Waals surface area contributed by atoms with E-state index >= 15 is 0 Å². The van der Waals surface area contributed by atoms with Gasteiger partial charge in [-0.2, -0.15) is 0 Å². The van der Waals surface area contributed by atoms with E-state index in [-0.39, 0.29) is 0 Å². The number of carbonyl (C=O) groups is 2. The summed E-state index contributed by atoms with van der Waals surface area (Å²) in [5, 5.41) is 0. The average molecular weight is 284 g/mol. The fourth-order valence-corrected chi connectivity index (χ4v) is 2.79. The zero-order valence-corrected chi connectivity index (χ0v) is 11.8. The first-order valence-electron chi connectivity index (χ1n) is 5.65. The van der Waals surface area contributed by atoms with Gasteiger partial charge in [-0.1, -0.05) is 25.5 Å². The van der Waals surface area contributed by atoms with Crippen molar-refractivity contribution in [3.8, 4) is 0 Å². The standard InChI is InChI=1S/C12H16N2O2S2/c1-2-3-4-9-5-7-10(8-6-9)17-18-14-12(16)11(13)15/h5-8H,2-4H2,1H3,(H2,13,15)(H,14,16). The maximum Gasteiger partial charge on any atom is 0.319 e. The number of carbonyl (C=O) groups excluding carboxylic acids is 2. The summed E-state index contributed by atoms with van der Waals surface area (Å²) in [7, 11) is 2.46. The third-order valence-electron chi connectivity index (χ3n) is 2.24. The van der Waals surface area contributed by atoms with E-state index in [2.05, 4.69) is 23.8 Å². The largest absolute Gasteiger partial charge is 0.361 e. The maximum atomic E-state index is 10.9. The summed E-state index contributed by atoms with van der Waals surface area (Å²) in [6.45, 7) is 2.17. The zero-order chi connectivity index (χ0) is 13.4. The van der Waals surface area contributed by atoms with Gasteiger partial charge in [0.25, 0.3) is 0 Å². The molecule has 2 amide bonds. The lowest BCUT2D eigenvalue weighted by atomic mass is 10.1. The molecule has 0 heterocycles. The van der Waals surface area contributed by atoms with Gasteiger partial charge in [0.15, 0.2) is 0 Å². The molecule has 1 aromatic carbocycles. The van der Waals surface area contributed by atoms with Crippen molar-refractivity contribution in [3.63, 3.8) is 0 Å². The topological polar surface area (TPSA) is 72.2 Å². The fourth-order valence-electron chi connectivity index (χ4n) is 1.25. The summed E-state index contributed by atoms with van der Waals surface area (Å²) in [5.74, 6) is -1.76. The first-order chi connectivity index (χ1) is 8.63. The average Bonchev–Trinajstić information content (AvgIpc) is 2.37. The molecule has 0 bridgehead atoms. The van der Waals surface area contributed by atoms with Crippen LogP contribution in [-0.2, 0) is 16.0 Å². The van der Waals surface area contributed by atoms with Crippen molar-refractivity contribution >= 4 is 33.6 Å². The van der Waals surface area contributed by atoms with Crippen LogP contribution in [0.1, 0.15) is 25.3 Å². The number of nitrogens with one attached hydrogen (secondary N) is 1. The number of hydrogen-bond donors (Lipinski definition) is 2. The third kappa shape index (κ3) is 5.46. The third-order valence-corrected chi connectivity index (χ3v) is 4.13. The SMILES string of the molecule is CCCCc1ccc(SSNC(=O)C(N)=O)cc1. The predicted octanol–water partition coefficient (Wildman–Crippen LogP) is 2.29. The molecular formula is C12H16N2O2S2. The summed E-state index contributed by atoms with van der Waals surface area (Å²) < 4.78 is 2.35. The number of primary amides is 1. The molecular weight excluding hydrogens is 268 g/mol. The molecule has 0 atom stereocenters. The monoisotopic (exact) mass is 284 g/mol. The smallest absolute Gasteiger partial charge is 0.319 e. The highest BCUT2D eigenvalue weighted by Crippen LogP contribution is 2.28. The van der Waals surface area contributed by atoms with Crippen LogP contribution in [0.4, 0.5) is 0 Å². The van der Waals surface area contributed by atoms with E-state index in [1.165, 1.54) is 29.2 Å². The second-order valence-corrected chi connectivity index (χ2v) is 5.72. The van der Waals surface area contributed by atoms with Crippen LogP contribution in [-0.4, -0.2) is 11.8 Å². The Morgan fingerprint density at radius 2 is 1.94 bits per heavy atom. The van der Waals surface area contributed by atoms with Crippen LogP contribution in [0.15, 0.2) is 29.2 Å². The number of rotatable bonds is 6. The lowest BCUT2D eigenvalue weighted by Crippen LogP contribution is -2.31. The van der Waals surface area contributed by atoms with Crippen molar-refractivity contribution in [2.75, 3.05) is 0 Å². The molecule has 98 valence electrons. The van der Waals surface area contributed by atoms with Gasteiger partial charge in [0, 0.05) is 15.9 Å². The molecule has 4 nitrogen and oxygen atoms in total. The molecule has 0 fully saturated rings. The van der Waals surface area contributed by atoms with Crippen LogP contribution in [0.2, 0.25) is 0 Å². The van der Waals surface area contributed by atoms with Crippen LogP contribution >= 0.6 is 21.8 Å². The molecule has 6 heteroatoms. The first kappa shape index (κ1) is 14.9. The molecule has 0 aliphatic rings.